The Morgan fingerprint density at radius 2 is 1.79 bits per heavy atom. The Labute approximate surface area is 83.8 Å². The Balaban J connectivity index is 3.64. The molecule has 0 unspecified atom stereocenters. The number of nitroso groups, excluding NO2 is 1. The van der Waals surface area contributed by atoms with Gasteiger partial charge in [-0.15, -0.1) is 0 Å². The van der Waals surface area contributed by atoms with Gasteiger partial charge in [0.2, 0.25) is 0 Å². The van der Waals surface area contributed by atoms with Gasteiger partial charge in [0.25, 0.3) is 0 Å². The molecule has 0 aromatic rings. The van der Waals surface area contributed by atoms with Gasteiger partial charge in [-0.25, -0.2) is 0 Å². The summed E-state index contributed by atoms with van der Waals surface area (Å²) in [5.74, 6) is 0. The van der Waals surface area contributed by atoms with Gasteiger partial charge >= 0.3 is 83.6 Å². The molecule has 0 aromatic heterocycles. The summed E-state index contributed by atoms with van der Waals surface area (Å²) >= 11 is -4.23. The van der Waals surface area contributed by atoms with E-state index in [-0.39, 0.29) is 0 Å². The van der Waals surface area contributed by atoms with E-state index in [1.807, 2.05) is 0 Å². The van der Waals surface area contributed by atoms with E-state index in [1.165, 1.54) is 0 Å². The van der Waals surface area contributed by atoms with Crippen LogP contribution in [0.5, 0.6) is 0 Å². The van der Waals surface area contributed by atoms with E-state index in [0.717, 1.165) is 0 Å². The van der Waals surface area contributed by atoms with E-state index in [0.29, 0.717) is 6.42 Å². The monoisotopic (exact) mass is 277 g/mol. The molecule has 1 aliphatic carbocycles. The molecule has 5 heteroatoms. The third kappa shape index (κ3) is 1.29. The maximum absolute atomic E-state index is 10.8. The number of hydrogen-bond donors (Lipinski definition) is 0. The fourth-order valence-corrected chi connectivity index (χ4v) is 5.12. The molecule has 0 heterocycles. The number of nitrogens with zero attached hydrogens (tertiary/aromatic N) is 1. The summed E-state index contributed by atoms with van der Waals surface area (Å²) in [4.78, 5) is 32.2. The minimum atomic E-state index is -4.23. The predicted molar refractivity (Wildman–Crippen MR) is 48.4 cm³/mol. The second-order valence-corrected chi connectivity index (χ2v) is 8.75. The second kappa shape index (κ2) is 3.98. The van der Waals surface area contributed by atoms with Gasteiger partial charge in [-0.1, -0.05) is 0 Å². The summed E-state index contributed by atoms with van der Waals surface area (Å²) in [5, 5.41) is 0. The maximum atomic E-state index is 10.8. The van der Waals surface area contributed by atoms with Crippen molar-refractivity contribution in [2.75, 3.05) is 0 Å². The van der Waals surface area contributed by atoms with E-state index < -0.39 is 19.2 Å². The molecule has 4 nitrogen and oxygen atoms in total. The standard InChI is InChI=1S/C7H9.2CO.Mo.NO/c1-2-7-5-3-4-6-7;2*1-2;;1-2/h3-6H,2H2,1H3;;;;/q;;;+1;-1. The van der Waals surface area contributed by atoms with E-state index >= 15 is 0 Å². The van der Waals surface area contributed by atoms with Crippen molar-refractivity contribution in [2.45, 2.75) is 17.1 Å². The second-order valence-electron chi connectivity index (χ2n) is 2.85. The molecule has 14 heavy (non-hydrogen) atoms. The average Bonchev–Trinajstić information content (AvgIpc) is 2.72. The number of carbonyl (C=O) groups excluding carboxylic acids is 2. The molecule has 0 radical (unpaired) electrons. The molecule has 0 N–H and O–H groups in total. The molecule has 0 saturated carbocycles. The zero-order valence-electron chi connectivity index (χ0n) is 7.60. The normalized spacial score (nSPS) is 17.5. The van der Waals surface area contributed by atoms with Crippen molar-refractivity contribution >= 4 is 8.53 Å². The molecule has 0 spiro atoms. The third-order valence-corrected chi connectivity index (χ3v) is 8.14. The average molecular weight is 275 g/mol. The van der Waals surface area contributed by atoms with Crippen LogP contribution in [0.15, 0.2) is 28.0 Å². The Hall–Kier alpha value is -1.07. The van der Waals surface area contributed by atoms with Crippen LogP contribution in [0.2, 0.25) is 3.80 Å². The summed E-state index contributed by atoms with van der Waals surface area (Å²) in [6.07, 6.45) is 7.29. The van der Waals surface area contributed by atoms with Crippen LogP contribution in [0, 0.1) is 4.91 Å². The van der Waals surface area contributed by atoms with Crippen molar-refractivity contribution in [3.8, 4) is 0 Å². The predicted octanol–water partition coefficient (Wildman–Crippen LogP) is 1.65. The van der Waals surface area contributed by atoms with Crippen molar-refractivity contribution in [1.29, 1.82) is 0 Å². The minimum absolute atomic E-state index is 0.497. The first kappa shape index (κ1) is 11.0. The van der Waals surface area contributed by atoms with E-state index in [2.05, 4.69) is 3.74 Å². The van der Waals surface area contributed by atoms with Crippen molar-refractivity contribution in [2.24, 2.45) is 3.74 Å². The summed E-state index contributed by atoms with van der Waals surface area (Å²) in [6, 6.07) is 0. The number of hydrogen-bond acceptors (Lipinski definition) is 4. The number of allylic oxidation sites excluding steroid dienone is 4. The van der Waals surface area contributed by atoms with Gasteiger partial charge in [0, 0.05) is 0 Å². The molecule has 1 rings (SSSR count). The van der Waals surface area contributed by atoms with Crippen LogP contribution in [-0.2, 0) is 25.0 Å². The van der Waals surface area contributed by atoms with Gasteiger partial charge in [-0.05, 0) is 0 Å². The fourth-order valence-electron chi connectivity index (χ4n) is 1.41. The van der Waals surface area contributed by atoms with Crippen molar-refractivity contribution in [3.05, 3.63) is 29.2 Å². The number of rotatable bonds is 3. The molecule has 0 atom stereocenters. The first-order chi connectivity index (χ1) is 6.70. The summed E-state index contributed by atoms with van der Waals surface area (Å²) < 4.78 is 5.14. The molecule has 0 bridgehead atoms. The summed E-state index contributed by atoms with van der Waals surface area (Å²) in [7, 11) is 0. The van der Waals surface area contributed by atoms with Gasteiger partial charge in [-0.3, -0.25) is 0 Å². The molecule has 0 amide bonds. The SMILES string of the molecule is CC[C]1([Mo](=[C]=O)(=[C]=O)[N]=O)C=CC=C1. The van der Waals surface area contributed by atoms with Gasteiger partial charge in [-0.2, -0.15) is 0 Å². The topological polar surface area (TPSA) is 63.6 Å². The molecule has 0 saturated heterocycles. The van der Waals surface area contributed by atoms with Crippen LogP contribution in [0.3, 0.4) is 0 Å². The van der Waals surface area contributed by atoms with Crippen LogP contribution in [-0.4, -0.2) is 8.53 Å². The first-order valence-corrected chi connectivity index (χ1v) is 7.93. The zero-order valence-corrected chi connectivity index (χ0v) is 9.60. The summed E-state index contributed by atoms with van der Waals surface area (Å²) in [6.45, 7) is 1.81. The quantitative estimate of drug-likeness (QED) is 0.581. The van der Waals surface area contributed by atoms with Gasteiger partial charge in [0.15, 0.2) is 0 Å². The van der Waals surface area contributed by atoms with Crippen molar-refractivity contribution < 1.29 is 25.0 Å². The van der Waals surface area contributed by atoms with Crippen LogP contribution >= 0.6 is 0 Å². The fraction of sp³-hybridized carbons (Fsp3) is 0.333. The molecule has 74 valence electrons. The molecular weight excluding hydrogens is 266 g/mol. The van der Waals surface area contributed by atoms with E-state index in [9.17, 15) is 14.5 Å². The van der Waals surface area contributed by atoms with Crippen LogP contribution in [0.4, 0.5) is 0 Å². The van der Waals surface area contributed by atoms with Crippen LogP contribution in [0.25, 0.3) is 0 Å². The van der Waals surface area contributed by atoms with Crippen molar-refractivity contribution in [3.63, 3.8) is 0 Å². The van der Waals surface area contributed by atoms with Crippen LogP contribution in [0.1, 0.15) is 13.3 Å². The Kier molecular flexibility index (Phi) is 3.13. The van der Waals surface area contributed by atoms with Crippen LogP contribution < -0.4 is 0 Å². The van der Waals surface area contributed by atoms with E-state index in [4.69, 9.17) is 0 Å². The molecule has 0 aliphatic heterocycles. The van der Waals surface area contributed by atoms with E-state index in [1.54, 1.807) is 39.8 Å². The first-order valence-electron chi connectivity index (χ1n) is 4.02. The summed E-state index contributed by atoms with van der Waals surface area (Å²) in [5.41, 5.74) is 0. The van der Waals surface area contributed by atoms with Crippen molar-refractivity contribution in [1.82, 2.24) is 0 Å². The molecule has 0 fully saturated rings. The van der Waals surface area contributed by atoms with Gasteiger partial charge < -0.3 is 0 Å². The van der Waals surface area contributed by atoms with Gasteiger partial charge in [0.05, 0.1) is 0 Å². The molecular formula is C9H9MoNO3. The van der Waals surface area contributed by atoms with Gasteiger partial charge in [0.1, 0.15) is 0 Å². The zero-order chi connectivity index (χ0) is 10.7. The Bertz CT molecular complexity index is 438. The molecule has 0 aromatic carbocycles. The Morgan fingerprint density at radius 3 is 2.07 bits per heavy atom. The Morgan fingerprint density at radius 1 is 1.29 bits per heavy atom. The molecule has 1 aliphatic rings. The third-order valence-electron chi connectivity index (χ3n) is 2.32.